The van der Waals surface area contributed by atoms with Gasteiger partial charge in [-0.25, -0.2) is 20.8 Å². The summed E-state index contributed by atoms with van der Waals surface area (Å²) >= 11 is 0. The van der Waals surface area contributed by atoms with Crippen LogP contribution in [0.2, 0.25) is 0 Å². The molecule has 2 aromatic heterocycles. The number of nitrogens with zero attached hydrogens (tertiary/aromatic N) is 2. The van der Waals surface area contributed by atoms with Crippen LogP contribution >= 0.6 is 0 Å². The lowest BCUT2D eigenvalue weighted by atomic mass is 10.1. The van der Waals surface area contributed by atoms with E-state index in [1.54, 1.807) is 37.5 Å². The number of aromatic nitrogens is 2. The van der Waals surface area contributed by atoms with Crippen LogP contribution in [0.25, 0.3) is 11.3 Å². The predicted octanol–water partition coefficient (Wildman–Crippen LogP) is 1.91. The fourth-order valence-corrected chi connectivity index (χ4v) is 4.69. The minimum atomic E-state index is -3.85. The third-order valence-corrected chi connectivity index (χ3v) is 6.78. The van der Waals surface area contributed by atoms with Gasteiger partial charge in [0.25, 0.3) is 10.0 Å². The average molecular weight is 406 g/mol. The molecule has 0 aliphatic heterocycles. The minimum Gasteiger partial charge on any atom is -0.316 e. The molecule has 142 valence electrons. The fraction of sp³-hybridized carbons (Fsp3) is 0.167. The van der Waals surface area contributed by atoms with Crippen LogP contribution in [0.15, 0.2) is 70.8 Å². The third-order valence-electron chi connectivity index (χ3n) is 3.99. The van der Waals surface area contributed by atoms with Crippen molar-refractivity contribution >= 4 is 19.9 Å². The number of pyridine rings is 1. The lowest BCUT2D eigenvalue weighted by Crippen LogP contribution is -2.13. The third kappa shape index (κ3) is 3.95. The first-order valence-electron chi connectivity index (χ1n) is 8.05. The quantitative estimate of drug-likeness (QED) is 0.673. The maximum atomic E-state index is 13.1. The molecular weight excluding hydrogens is 386 g/mol. The summed E-state index contributed by atoms with van der Waals surface area (Å²) in [5.74, 6) is 0. The molecule has 0 aliphatic rings. The van der Waals surface area contributed by atoms with E-state index in [4.69, 9.17) is 0 Å². The molecule has 3 aromatic rings. The highest BCUT2D eigenvalue weighted by atomic mass is 32.2. The molecule has 2 heterocycles. The first kappa shape index (κ1) is 19.3. The molecule has 7 nitrogen and oxygen atoms in total. The van der Waals surface area contributed by atoms with Crippen LogP contribution in [0.3, 0.4) is 0 Å². The van der Waals surface area contributed by atoms with E-state index in [0.29, 0.717) is 17.8 Å². The molecule has 0 bridgehead atoms. The summed E-state index contributed by atoms with van der Waals surface area (Å²) < 4.78 is 50.7. The van der Waals surface area contributed by atoms with Crippen molar-refractivity contribution in [2.45, 2.75) is 16.3 Å². The first-order valence-corrected chi connectivity index (χ1v) is 11.4. The van der Waals surface area contributed by atoms with Crippen molar-refractivity contribution in [2.75, 3.05) is 13.3 Å². The first-order chi connectivity index (χ1) is 12.7. The van der Waals surface area contributed by atoms with Gasteiger partial charge >= 0.3 is 0 Å². The largest absolute Gasteiger partial charge is 0.316 e. The summed E-state index contributed by atoms with van der Waals surface area (Å²) in [6.45, 7) is 0.490. The van der Waals surface area contributed by atoms with Crippen LogP contribution in [0, 0.1) is 0 Å². The summed E-state index contributed by atoms with van der Waals surface area (Å²) in [4.78, 5) is 4.14. The number of hydrogen-bond acceptors (Lipinski definition) is 6. The molecule has 0 aliphatic carbocycles. The number of benzene rings is 1. The highest BCUT2D eigenvalue weighted by Gasteiger charge is 2.22. The van der Waals surface area contributed by atoms with Gasteiger partial charge in [0, 0.05) is 31.4 Å². The van der Waals surface area contributed by atoms with Crippen molar-refractivity contribution in [1.29, 1.82) is 0 Å². The van der Waals surface area contributed by atoms with Crippen molar-refractivity contribution < 1.29 is 16.8 Å². The molecule has 27 heavy (non-hydrogen) atoms. The highest BCUT2D eigenvalue weighted by Crippen LogP contribution is 2.28. The zero-order valence-corrected chi connectivity index (χ0v) is 16.5. The molecule has 1 aromatic carbocycles. The predicted molar refractivity (Wildman–Crippen MR) is 103 cm³/mol. The second-order valence-corrected chi connectivity index (χ2v) is 9.88. The Morgan fingerprint density at radius 1 is 1.04 bits per heavy atom. The van der Waals surface area contributed by atoms with Crippen LogP contribution in [0.1, 0.15) is 5.56 Å². The Bertz CT molecular complexity index is 1150. The van der Waals surface area contributed by atoms with E-state index in [2.05, 4.69) is 10.3 Å². The summed E-state index contributed by atoms with van der Waals surface area (Å²) in [5, 5.41) is 3.00. The van der Waals surface area contributed by atoms with Gasteiger partial charge in [0.2, 0.25) is 0 Å². The van der Waals surface area contributed by atoms with Gasteiger partial charge in [-0.05, 0) is 48.5 Å². The SMILES string of the molecule is CNCc1cc(-c2ccc(S(C)(=O)=O)cc2)n(S(=O)(=O)c2cccnc2)c1. The van der Waals surface area contributed by atoms with Gasteiger partial charge < -0.3 is 5.32 Å². The van der Waals surface area contributed by atoms with E-state index in [9.17, 15) is 16.8 Å². The number of hydrogen-bond donors (Lipinski definition) is 1. The molecule has 0 saturated carbocycles. The van der Waals surface area contributed by atoms with Gasteiger partial charge in [-0.1, -0.05) is 12.1 Å². The Morgan fingerprint density at radius 3 is 2.30 bits per heavy atom. The molecule has 0 atom stereocenters. The molecule has 0 amide bonds. The average Bonchev–Trinajstić information content (AvgIpc) is 3.07. The van der Waals surface area contributed by atoms with Gasteiger partial charge in [0.05, 0.1) is 10.6 Å². The topological polar surface area (TPSA) is 98.1 Å². The molecule has 0 radical (unpaired) electrons. The second-order valence-electron chi connectivity index (χ2n) is 6.05. The van der Waals surface area contributed by atoms with E-state index in [1.165, 1.54) is 34.6 Å². The fourth-order valence-electron chi connectivity index (χ4n) is 2.69. The van der Waals surface area contributed by atoms with Crippen molar-refractivity contribution in [3.8, 4) is 11.3 Å². The lowest BCUT2D eigenvalue weighted by Gasteiger charge is -2.10. The van der Waals surface area contributed by atoms with Crippen LogP contribution in [-0.4, -0.2) is 39.1 Å². The van der Waals surface area contributed by atoms with Gasteiger partial charge in [-0.3, -0.25) is 4.98 Å². The molecule has 0 saturated heterocycles. The Labute approximate surface area is 158 Å². The van der Waals surface area contributed by atoms with Crippen molar-refractivity contribution in [1.82, 2.24) is 14.3 Å². The summed E-state index contributed by atoms with van der Waals surface area (Å²) in [5.41, 5.74) is 1.83. The zero-order chi connectivity index (χ0) is 19.7. The summed E-state index contributed by atoms with van der Waals surface area (Å²) in [6, 6.07) is 10.9. The van der Waals surface area contributed by atoms with Crippen molar-refractivity contribution in [2.24, 2.45) is 0 Å². The Balaban J connectivity index is 2.16. The van der Waals surface area contributed by atoms with E-state index < -0.39 is 19.9 Å². The molecule has 0 unspecified atom stereocenters. The number of sulfone groups is 1. The molecule has 9 heteroatoms. The van der Waals surface area contributed by atoms with E-state index in [-0.39, 0.29) is 9.79 Å². The molecular formula is C18H19N3O4S2. The zero-order valence-electron chi connectivity index (χ0n) is 14.8. The second kappa shape index (κ2) is 7.26. The summed E-state index contributed by atoms with van der Waals surface area (Å²) in [7, 11) is -5.40. The number of rotatable bonds is 6. The van der Waals surface area contributed by atoms with Gasteiger partial charge in [-0.15, -0.1) is 0 Å². The van der Waals surface area contributed by atoms with Crippen LogP contribution < -0.4 is 5.32 Å². The van der Waals surface area contributed by atoms with Crippen LogP contribution in [0.4, 0.5) is 0 Å². The summed E-state index contributed by atoms with van der Waals surface area (Å²) in [6.07, 6.45) is 5.48. The van der Waals surface area contributed by atoms with Gasteiger partial charge in [0.1, 0.15) is 4.90 Å². The molecule has 1 N–H and O–H groups in total. The molecule has 3 rings (SSSR count). The van der Waals surface area contributed by atoms with Gasteiger partial charge in [-0.2, -0.15) is 0 Å². The molecule has 0 fully saturated rings. The van der Waals surface area contributed by atoms with Crippen LogP contribution in [-0.2, 0) is 26.4 Å². The monoisotopic (exact) mass is 405 g/mol. The Kier molecular flexibility index (Phi) is 5.18. The van der Waals surface area contributed by atoms with E-state index in [0.717, 1.165) is 11.8 Å². The maximum absolute atomic E-state index is 13.1. The van der Waals surface area contributed by atoms with E-state index in [1.807, 2.05) is 0 Å². The number of nitrogens with one attached hydrogen (secondary N) is 1. The molecule has 0 spiro atoms. The lowest BCUT2D eigenvalue weighted by molar-refractivity contribution is 0.587. The standard InChI is InChI=1S/C18H19N3O4S2/c1-19-11-14-10-18(15-5-7-16(8-6-15)26(2,22)23)21(13-14)27(24,25)17-4-3-9-20-12-17/h3-10,12-13,19H,11H2,1-2H3. The maximum Gasteiger partial charge on any atom is 0.269 e. The normalized spacial score (nSPS) is 12.2. The minimum absolute atomic E-state index is 0.0746. The van der Waals surface area contributed by atoms with Crippen molar-refractivity contribution in [3.05, 3.63) is 66.6 Å². The van der Waals surface area contributed by atoms with Crippen LogP contribution in [0.5, 0.6) is 0 Å². The highest BCUT2D eigenvalue weighted by molar-refractivity contribution is 7.90. The van der Waals surface area contributed by atoms with Crippen molar-refractivity contribution in [3.63, 3.8) is 0 Å². The Morgan fingerprint density at radius 2 is 1.74 bits per heavy atom. The smallest absolute Gasteiger partial charge is 0.269 e. The Hall–Kier alpha value is -2.49. The van der Waals surface area contributed by atoms with E-state index >= 15 is 0 Å². The van der Waals surface area contributed by atoms with Gasteiger partial charge in [0.15, 0.2) is 9.84 Å².